The minimum Gasteiger partial charge on any atom is -0.482 e. The van der Waals surface area contributed by atoms with Gasteiger partial charge in [-0.05, 0) is 55.3 Å². The van der Waals surface area contributed by atoms with Gasteiger partial charge in [-0.25, -0.2) is 8.42 Å². The van der Waals surface area contributed by atoms with Gasteiger partial charge in [-0.15, -0.1) is 0 Å². The maximum absolute atomic E-state index is 12.8. The van der Waals surface area contributed by atoms with Crippen LogP contribution in [0.25, 0.3) is 0 Å². The molecule has 2 aromatic carbocycles. The van der Waals surface area contributed by atoms with E-state index in [1.54, 1.807) is 24.3 Å². The Morgan fingerprint density at radius 1 is 1.04 bits per heavy atom. The summed E-state index contributed by atoms with van der Waals surface area (Å²) in [6, 6.07) is 11.0. The van der Waals surface area contributed by atoms with Gasteiger partial charge in [0.2, 0.25) is 10.0 Å². The second-order valence-electron chi connectivity index (χ2n) is 6.05. The summed E-state index contributed by atoms with van der Waals surface area (Å²) in [4.78, 5) is 12.1. The molecule has 1 fully saturated rings. The van der Waals surface area contributed by atoms with Gasteiger partial charge in [0.05, 0.1) is 0 Å². The van der Waals surface area contributed by atoms with E-state index in [1.807, 2.05) is 0 Å². The zero-order chi connectivity index (χ0) is 19.4. The van der Waals surface area contributed by atoms with Gasteiger partial charge < -0.3 is 10.1 Å². The molecule has 0 radical (unpaired) electrons. The molecule has 27 heavy (non-hydrogen) atoms. The van der Waals surface area contributed by atoms with E-state index in [-0.39, 0.29) is 22.3 Å². The normalized spacial score (nSPS) is 14.9. The number of carbonyl (C=O) groups excluding carboxylic acids is 1. The lowest BCUT2D eigenvalue weighted by molar-refractivity contribution is -0.118. The molecular formula is C18H18Cl2N2O4S. The van der Waals surface area contributed by atoms with E-state index in [9.17, 15) is 13.2 Å². The third-order valence-corrected chi connectivity index (χ3v) is 6.48. The van der Waals surface area contributed by atoms with Gasteiger partial charge in [-0.2, -0.15) is 4.31 Å². The third kappa shape index (κ3) is 4.93. The summed E-state index contributed by atoms with van der Waals surface area (Å²) in [5.41, 5.74) is 0.564. The quantitative estimate of drug-likeness (QED) is 0.758. The first-order chi connectivity index (χ1) is 12.9. The Morgan fingerprint density at radius 3 is 2.33 bits per heavy atom. The fourth-order valence-corrected chi connectivity index (χ4v) is 4.78. The summed E-state index contributed by atoms with van der Waals surface area (Å²) >= 11 is 11.8. The highest BCUT2D eigenvalue weighted by Gasteiger charge is 2.30. The summed E-state index contributed by atoms with van der Waals surface area (Å²) in [6.45, 7) is 0.587. The third-order valence-electron chi connectivity index (χ3n) is 4.08. The number of benzene rings is 2. The van der Waals surface area contributed by atoms with Crippen molar-refractivity contribution in [2.24, 2.45) is 0 Å². The summed E-state index contributed by atoms with van der Waals surface area (Å²) < 4.78 is 32.6. The average molecular weight is 429 g/mol. The first-order valence-electron chi connectivity index (χ1n) is 8.34. The minimum absolute atomic E-state index is 0.0313. The van der Waals surface area contributed by atoms with Crippen LogP contribution in [-0.4, -0.2) is 38.3 Å². The highest BCUT2D eigenvalue weighted by molar-refractivity contribution is 7.89. The van der Waals surface area contributed by atoms with Crippen molar-refractivity contribution >= 4 is 44.8 Å². The van der Waals surface area contributed by atoms with Crippen LogP contribution in [0.5, 0.6) is 5.75 Å². The van der Waals surface area contributed by atoms with Gasteiger partial charge in [0.15, 0.2) is 6.61 Å². The Bertz CT molecular complexity index is 927. The van der Waals surface area contributed by atoms with Crippen LogP contribution >= 0.6 is 23.2 Å². The molecule has 0 saturated carbocycles. The molecular weight excluding hydrogens is 411 g/mol. The number of anilines is 1. The van der Waals surface area contributed by atoms with Crippen molar-refractivity contribution in [1.29, 1.82) is 0 Å². The Hall–Kier alpha value is -1.80. The number of ether oxygens (including phenoxy) is 1. The van der Waals surface area contributed by atoms with Gasteiger partial charge >= 0.3 is 0 Å². The van der Waals surface area contributed by atoms with Crippen molar-refractivity contribution in [1.82, 2.24) is 4.31 Å². The van der Waals surface area contributed by atoms with Crippen molar-refractivity contribution in [3.05, 3.63) is 52.5 Å². The molecule has 6 nitrogen and oxygen atoms in total. The molecule has 1 N–H and O–H groups in total. The number of rotatable bonds is 6. The smallest absolute Gasteiger partial charge is 0.262 e. The number of halogens is 2. The first-order valence-corrected chi connectivity index (χ1v) is 10.5. The minimum atomic E-state index is -3.73. The van der Waals surface area contributed by atoms with E-state index in [0.717, 1.165) is 12.8 Å². The molecule has 2 aromatic rings. The Morgan fingerprint density at radius 2 is 1.67 bits per heavy atom. The highest BCUT2D eigenvalue weighted by atomic mass is 35.5. The van der Waals surface area contributed by atoms with Crippen LogP contribution < -0.4 is 10.1 Å². The van der Waals surface area contributed by atoms with Crippen molar-refractivity contribution in [2.75, 3.05) is 25.0 Å². The van der Waals surface area contributed by atoms with Gasteiger partial charge in [0.1, 0.15) is 10.6 Å². The zero-order valence-corrected chi connectivity index (χ0v) is 16.6. The molecule has 3 rings (SSSR count). The standard InChI is InChI=1S/C18H18Cl2N2O4S/c19-13-3-6-15(7-4-13)21-18(23)12-26-16-8-5-14(20)11-17(16)27(24,25)22-9-1-2-10-22/h3-8,11H,1-2,9-10,12H2,(H,21,23). The van der Waals surface area contributed by atoms with Gasteiger partial charge in [-0.1, -0.05) is 23.2 Å². The maximum atomic E-state index is 12.8. The topological polar surface area (TPSA) is 75.7 Å². The molecule has 1 saturated heterocycles. The van der Waals surface area contributed by atoms with E-state index >= 15 is 0 Å². The molecule has 1 amide bonds. The second-order valence-corrected chi connectivity index (χ2v) is 8.83. The molecule has 9 heteroatoms. The molecule has 144 valence electrons. The predicted molar refractivity (Wildman–Crippen MR) is 105 cm³/mol. The fraction of sp³-hybridized carbons (Fsp3) is 0.278. The zero-order valence-electron chi connectivity index (χ0n) is 14.3. The molecule has 0 spiro atoms. The maximum Gasteiger partial charge on any atom is 0.262 e. The molecule has 1 aliphatic heterocycles. The number of amides is 1. The van der Waals surface area contributed by atoms with Crippen LogP contribution in [-0.2, 0) is 14.8 Å². The van der Waals surface area contributed by atoms with Crippen molar-refractivity contribution < 1.29 is 17.9 Å². The number of sulfonamides is 1. The molecule has 0 unspecified atom stereocenters. The van der Waals surface area contributed by atoms with Crippen LogP contribution in [0, 0.1) is 0 Å². The van der Waals surface area contributed by atoms with Crippen LogP contribution in [0.4, 0.5) is 5.69 Å². The first kappa shape index (κ1) is 19.9. The Labute approximate surface area is 168 Å². The summed E-state index contributed by atoms with van der Waals surface area (Å²) in [5, 5.41) is 3.50. The lowest BCUT2D eigenvalue weighted by Gasteiger charge is -2.18. The van der Waals surface area contributed by atoms with Crippen molar-refractivity contribution in [3.63, 3.8) is 0 Å². The SMILES string of the molecule is O=C(COc1ccc(Cl)cc1S(=O)(=O)N1CCCC1)Nc1ccc(Cl)cc1. The number of hydrogen-bond donors (Lipinski definition) is 1. The van der Waals surface area contributed by atoms with E-state index in [4.69, 9.17) is 27.9 Å². The fourth-order valence-electron chi connectivity index (χ4n) is 2.74. The lowest BCUT2D eigenvalue weighted by atomic mass is 10.3. The number of carbonyl (C=O) groups is 1. The molecule has 0 atom stereocenters. The number of nitrogens with one attached hydrogen (secondary N) is 1. The van der Waals surface area contributed by atoms with Gasteiger partial charge in [-0.3, -0.25) is 4.79 Å². The van der Waals surface area contributed by atoms with Crippen LogP contribution in [0.2, 0.25) is 10.0 Å². The molecule has 1 aliphatic rings. The van der Waals surface area contributed by atoms with E-state index in [2.05, 4.69) is 5.32 Å². The average Bonchev–Trinajstić information content (AvgIpc) is 3.18. The highest BCUT2D eigenvalue weighted by Crippen LogP contribution is 2.31. The Kier molecular flexibility index (Phi) is 6.26. The van der Waals surface area contributed by atoms with Gasteiger partial charge in [0, 0.05) is 28.8 Å². The number of nitrogens with zero attached hydrogens (tertiary/aromatic N) is 1. The Balaban J connectivity index is 1.73. The second kappa shape index (κ2) is 8.48. The van der Waals surface area contributed by atoms with Crippen molar-refractivity contribution in [3.8, 4) is 5.75 Å². The van der Waals surface area contributed by atoms with E-state index < -0.39 is 15.9 Å². The predicted octanol–water partition coefficient (Wildman–Crippen LogP) is 3.80. The van der Waals surface area contributed by atoms with Crippen LogP contribution in [0.3, 0.4) is 0 Å². The summed E-state index contributed by atoms with van der Waals surface area (Å²) in [6.07, 6.45) is 1.64. The summed E-state index contributed by atoms with van der Waals surface area (Å²) in [5.74, 6) is -0.325. The van der Waals surface area contributed by atoms with Crippen LogP contribution in [0.1, 0.15) is 12.8 Å². The van der Waals surface area contributed by atoms with Gasteiger partial charge in [0.25, 0.3) is 5.91 Å². The molecule has 1 heterocycles. The van der Waals surface area contributed by atoms with Crippen LogP contribution in [0.15, 0.2) is 47.4 Å². The van der Waals surface area contributed by atoms with E-state index in [0.29, 0.717) is 23.8 Å². The largest absolute Gasteiger partial charge is 0.482 e. The number of hydrogen-bond acceptors (Lipinski definition) is 4. The monoisotopic (exact) mass is 428 g/mol. The molecule has 0 bridgehead atoms. The molecule has 0 aliphatic carbocycles. The lowest BCUT2D eigenvalue weighted by Crippen LogP contribution is -2.28. The van der Waals surface area contributed by atoms with Crippen molar-refractivity contribution in [2.45, 2.75) is 17.7 Å². The van der Waals surface area contributed by atoms with E-state index in [1.165, 1.54) is 22.5 Å². The summed E-state index contributed by atoms with van der Waals surface area (Å²) in [7, 11) is -3.73. The molecule has 0 aromatic heterocycles.